The van der Waals surface area contributed by atoms with Crippen LogP contribution < -0.4 is 9.47 Å². The van der Waals surface area contributed by atoms with Crippen LogP contribution in [0.4, 0.5) is 0 Å². The SMILES string of the molecule is COc1cc(C(=O)N2CC[C@@](O)(COc3ccccc3C)C2)ccn1. The van der Waals surface area contributed by atoms with Crippen LogP contribution in [0.3, 0.4) is 0 Å². The Morgan fingerprint density at radius 2 is 2.16 bits per heavy atom. The third-order valence-corrected chi connectivity index (χ3v) is 4.40. The molecule has 1 aliphatic rings. The quantitative estimate of drug-likeness (QED) is 0.900. The number of aliphatic hydroxyl groups is 1. The van der Waals surface area contributed by atoms with Gasteiger partial charge in [0.25, 0.3) is 5.91 Å². The zero-order valence-electron chi connectivity index (χ0n) is 14.4. The first-order chi connectivity index (χ1) is 12.0. The molecule has 2 heterocycles. The fraction of sp³-hybridized carbons (Fsp3) is 0.368. The summed E-state index contributed by atoms with van der Waals surface area (Å²) in [6.07, 6.45) is 2.02. The molecule has 6 heteroatoms. The van der Waals surface area contributed by atoms with Crippen molar-refractivity contribution in [3.8, 4) is 11.6 Å². The molecule has 1 aromatic heterocycles. The summed E-state index contributed by atoms with van der Waals surface area (Å²) in [6.45, 7) is 2.83. The van der Waals surface area contributed by atoms with Crippen LogP contribution in [0.5, 0.6) is 11.6 Å². The van der Waals surface area contributed by atoms with E-state index in [1.165, 1.54) is 13.3 Å². The third-order valence-electron chi connectivity index (χ3n) is 4.40. The van der Waals surface area contributed by atoms with E-state index in [0.29, 0.717) is 24.4 Å². The molecule has 0 aliphatic carbocycles. The van der Waals surface area contributed by atoms with Crippen molar-refractivity contribution in [1.82, 2.24) is 9.88 Å². The van der Waals surface area contributed by atoms with E-state index in [2.05, 4.69) is 4.98 Å². The maximum Gasteiger partial charge on any atom is 0.254 e. The molecule has 1 aliphatic heterocycles. The highest BCUT2D eigenvalue weighted by Crippen LogP contribution is 2.26. The molecule has 132 valence electrons. The summed E-state index contributed by atoms with van der Waals surface area (Å²) in [4.78, 5) is 18.3. The fourth-order valence-corrected chi connectivity index (χ4v) is 2.91. The monoisotopic (exact) mass is 342 g/mol. The zero-order chi connectivity index (χ0) is 17.9. The second kappa shape index (κ2) is 7.11. The predicted molar refractivity (Wildman–Crippen MR) is 92.9 cm³/mol. The van der Waals surface area contributed by atoms with Gasteiger partial charge in [-0.2, -0.15) is 0 Å². The van der Waals surface area contributed by atoms with Crippen molar-refractivity contribution in [1.29, 1.82) is 0 Å². The van der Waals surface area contributed by atoms with E-state index in [-0.39, 0.29) is 19.1 Å². The van der Waals surface area contributed by atoms with E-state index < -0.39 is 5.60 Å². The number of carbonyl (C=O) groups excluding carboxylic acids is 1. The minimum Gasteiger partial charge on any atom is -0.490 e. The molecule has 3 rings (SSSR count). The van der Waals surface area contributed by atoms with Gasteiger partial charge in [0, 0.05) is 24.4 Å². The molecule has 0 radical (unpaired) electrons. The van der Waals surface area contributed by atoms with Crippen molar-refractivity contribution in [2.75, 3.05) is 26.8 Å². The Bertz CT molecular complexity index is 765. The smallest absolute Gasteiger partial charge is 0.254 e. The molecule has 0 spiro atoms. The molecule has 1 atom stereocenters. The summed E-state index contributed by atoms with van der Waals surface area (Å²) in [6, 6.07) is 10.9. The van der Waals surface area contributed by atoms with Crippen molar-refractivity contribution in [2.24, 2.45) is 0 Å². The Kier molecular flexibility index (Phi) is 4.90. The topological polar surface area (TPSA) is 71.9 Å². The van der Waals surface area contributed by atoms with Crippen LogP contribution in [-0.2, 0) is 0 Å². The number of amides is 1. The maximum absolute atomic E-state index is 12.6. The molecular formula is C19H22N2O4. The van der Waals surface area contributed by atoms with Crippen LogP contribution >= 0.6 is 0 Å². The number of ether oxygens (including phenoxy) is 2. The second-order valence-electron chi connectivity index (χ2n) is 6.34. The zero-order valence-corrected chi connectivity index (χ0v) is 14.4. The van der Waals surface area contributed by atoms with Gasteiger partial charge >= 0.3 is 0 Å². The number of pyridine rings is 1. The number of para-hydroxylation sites is 1. The van der Waals surface area contributed by atoms with Gasteiger partial charge in [-0.25, -0.2) is 4.98 Å². The Morgan fingerprint density at radius 3 is 2.92 bits per heavy atom. The summed E-state index contributed by atoms with van der Waals surface area (Å²) < 4.78 is 10.8. The minimum absolute atomic E-state index is 0.146. The average molecular weight is 342 g/mol. The number of aryl methyl sites for hydroxylation is 1. The Labute approximate surface area is 147 Å². The van der Waals surface area contributed by atoms with Crippen LogP contribution in [-0.4, -0.2) is 53.3 Å². The van der Waals surface area contributed by atoms with Gasteiger partial charge in [-0.3, -0.25) is 4.79 Å². The Hall–Kier alpha value is -2.60. The number of hydrogen-bond donors (Lipinski definition) is 1. The van der Waals surface area contributed by atoms with Crippen LogP contribution in [0, 0.1) is 6.92 Å². The van der Waals surface area contributed by atoms with Gasteiger partial charge in [0.1, 0.15) is 18.0 Å². The van der Waals surface area contributed by atoms with Crippen molar-refractivity contribution < 1.29 is 19.4 Å². The molecule has 1 amide bonds. The summed E-state index contributed by atoms with van der Waals surface area (Å²) >= 11 is 0. The van der Waals surface area contributed by atoms with Gasteiger partial charge in [-0.15, -0.1) is 0 Å². The normalized spacial score (nSPS) is 19.7. The van der Waals surface area contributed by atoms with Crippen molar-refractivity contribution in [3.05, 3.63) is 53.7 Å². The molecule has 1 fully saturated rings. The second-order valence-corrected chi connectivity index (χ2v) is 6.34. The minimum atomic E-state index is -1.05. The summed E-state index contributed by atoms with van der Waals surface area (Å²) in [5.74, 6) is 0.996. The average Bonchev–Trinajstić information content (AvgIpc) is 3.03. The van der Waals surface area contributed by atoms with Crippen LogP contribution in [0.1, 0.15) is 22.3 Å². The van der Waals surface area contributed by atoms with Gasteiger partial charge < -0.3 is 19.5 Å². The number of rotatable bonds is 5. The van der Waals surface area contributed by atoms with Gasteiger partial charge in [0.2, 0.25) is 5.88 Å². The van der Waals surface area contributed by atoms with Gasteiger partial charge in [-0.1, -0.05) is 18.2 Å². The van der Waals surface area contributed by atoms with Crippen LogP contribution in [0.2, 0.25) is 0 Å². The molecule has 25 heavy (non-hydrogen) atoms. The first kappa shape index (κ1) is 17.2. The highest BCUT2D eigenvalue weighted by molar-refractivity contribution is 5.94. The van der Waals surface area contributed by atoms with E-state index in [0.717, 1.165) is 11.3 Å². The molecule has 0 bridgehead atoms. The summed E-state index contributed by atoms with van der Waals surface area (Å²) in [7, 11) is 1.51. The first-order valence-corrected chi connectivity index (χ1v) is 8.21. The number of nitrogens with zero attached hydrogens (tertiary/aromatic N) is 2. The number of β-amino-alcohol motifs (C(OH)–C–C–N with tert-alkyl or cyclic N) is 1. The lowest BCUT2D eigenvalue weighted by atomic mass is 10.1. The number of hydrogen-bond acceptors (Lipinski definition) is 5. The Morgan fingerprint density at radius 1 is 1.36 bits per heavy atom. The number of benzene rings is 1. The van der Waals surface area contributed by atoms with E-state index in [1.54, 1.807) is 17.0 Å². The maximum atomic E-state index is 12.6. The molecule has 1 N–H and O–H groups in total. The molecule has 1 aromatic carbocycles. The first-order valence-electron chi connectivity index (χ1n) is 8.21. The van der Waals surface area contributed by atoms with E-state index in [9.17, 15) is 9.90 Å². The molecular weight excluding hydrogens is 320 g/mol. The molecule has 0 unspecified atom stereocenters. The third kappa shape index (κ3) is 3.91. The molecule has 1 saturated heterocycles. The van der Waals surface area contributed by atoms with Crippen molar-refractivity contribution in [2.45, 2.75) is 18.9 Å². The summed E-state index contributed by atoms with van der Waals surface area (Å²) in [5.41, 5.74) is 0.464. The van der Waals surface area contributed by atoms with Gasteiger partial charge in [0.15, 0.2) is 0 Å². The standard InChI is InChI=1S/C19H22N2O4/c1-14-5-3-4-6-16(14)25-13-19(23)8-10-21(12-19)18(22)15-7-9-20-17(11-15)24-2/h3-7,9,11,23H,8,10,12-13H2,1-2H3/t19-/m0/s1. The summed E-state index contributed by atoms with van der Waals surface area (Å²) in [5, 5.41) is 10.8. The molecule has 6 nitrogen and oxygen atoms in total. The van der Waals surface area contributed by atoms with Crippen LogP contribution in [0.25, 0.3) is 0 Å². The predicted octanol–water partition coefficient (Wildman–Crippen LogP) is 2.05. The van der Waals surface area contributed by atoms with Crippen molar-refractivity contribution >= 4 is 5.91 Å². The molecule has 2 aromatic rings. The van der Waals surface area contributed by atoms with Crippen LogP contribution in [0.15, 0.2) is 42.6 Å². The Balaban J connectivity index is 1.63. The lowest BCUT2D eigenvalue weighted by Crippen LogP contribution is -2.40. The number of aromatic nitrogens is 1. The molecule has 0 saturated carbocycles. The number of methoxy groups -OCH3 is 1. The highest BCUT2D eigenvalue weighted by Gasteiger charge is 2.39. The largest absolute Gasteiger partial charge is 0.490 e. The van der Waals surface area contributed by atoms with E-state index in [4.69, 9.17) is 9.47 Å². The van der Waals surface area contributed by atoms with E-state index in [1.807, 2.05) is 31.2 Å². The number of likely N-dealkylation sites (tertiary alicyclic amines) is 1. The fourth-order valence-electron chi connectivity index (χ4n) is 2.91. The van der Waals surface area contributed by atoms with Gasteiger partial charge in [-0.05, 0) is 31.0 Å². The van der Waals surface area contributed by atoms with E-state index >= 15 is 0 Å². The van der Waals surface area contributed by atoms with Gasteiger partial charge in [0.05, 0.1) is 13.7 Å². The lowest BCUT2D eigenvalue weighted by Gasteiger charge is -2.24. The highest BCUT2D eigenvalue weighted by atomic mass is 16.5. The number of carbonyl (C=O) groups is 1. The van der Waals surface area contributed by atoms with Crippen molar-refractivity contribution in [3.63, 3.8) is 0 Å². The lowest BCUT2D eigenvalue weighted by molar-refractivity contribution is 0.00412.